The number of hydrogen-bond donors (Lipinski definition) is 1. The fourth-order valence-electron chi connectivity index (χ4n) is 2.12. The standard InChI is InChI=1S/C13H20BrN3O/c1-2-4-12-16-11(14)9-13(17-12)15-7-6-10-5-3-8-18-10/h9-10H,2-8H2,1H3,(H,15,16,17). The van der Waals surface area contributed by atoms with Crippen molar-refractivity contribution in [3.8, 4) is 0 Å². The second-order valence-electron chi connectivity index (χ2n) is 4.59. The lowest BCUT2D eigenvalue weighted by Gasteiger charge is -2.11. The highest BCUT2D eigenvalue weighted by molar-refractivity contribution is 9.10. The molecule has 2 heterocycles. The van der Waals surface area contributed by atoms with Gasteiger partial charge in [-0.2, -0.15) is 0 Å². The molecule has 1 saturated heterocycles. The van der Waals surface area contributed by atoms with Crippen molar-refractivity contribution in [3.63, 3.8) is 0 Å². The molecule has 0 saturated carbocycles. The van der Waals surface area contributed by atoms with Crippen LogP contribution >= 0.6 is 15.9 Å². The Bertz CT molecular complexity index is 380. The van der Waals surface area contributed by atoms with Crippen LogP contribution in [0.2, 0.25) is 0 Å². The smallest absolute Gasteiger partial charge is 0.132 e. The predicted octanol–water partition coefficient (Wildman–Crippen LogP) is 3.17. The number of anilines is 1. The molecule has 0 aliphatic carbocycles. The first-order chi connectivity index (χ1) is 8.78. The molecule has 1 aromatic rings. The highest BCUT2D eigenvalue weighted by atomic mass is 79.9. The summed E-state index contributed by atoms with van der Waals surface area (Å²) in [6.07, 6.45) is 5.84. The first kappa shape index (κ1) is 13.7. The Kier molecular flexibility index (Phi) is 5.38. The topological polar surface area (TPSA) is 47.0 Å². The molecule has 0 spiro atoms. The van der Waals surface area contributed by atoms with E-state index in [1.54, 1.807) is 0 Å². The molecule has 0 amide bonds. The van der Waals surface area contributed by atoms with Gasteiger partial charge in [0.1, 0.15) is 16.2 Å². The molecule has 1 aliphatic heterocycles. The van der Waals surface area contributed by atoms with Crippen LogP contribution in [0.1, 0.15) is 38.4 Å². The summed E-state index contributed by atoms with van der Waals surface area (Å²) in [5, 5.41) is 3.35. The number of ether oxygens (including phenoxy) is 1. The zero-order valence-electron chi connectivity index (χ0n) is 10.8. The van der Waals surface area contributed by atoms with E-state index in [1.165, 1.54) is 12.8 Å². The third-order valence-electron chi connectivity index (χ3n) is 3.01. The summed E-state index contributed by atoms with van der Waals surface area (Å²) < 4.78 is 6.44. The lowest BCUT2D eigenvalue weighted by Crippen LogP contribution is -2.13. The van der Waals surface area contributed by atoms with Gasteiger partial charge in [0.25, 0.3) is 0 Å². The van der Waals surface area contributed by atoms with Crippen molar-refractivity contribution in [1.29, 1.82) is 0 Å². The van der Waals surface area contributed by atoms with Gasteiger partial charge in [0.15, 0.2) is 0 Å². The molecule has 1 aromatic heterocycles. The second-order valence-corrected chi connectivity index (χ2v) is 5.41. The van der Waals surface area contributed by atoms with Crippen LogP contribution in [0.3, 0.4) is 0 Å². The van der Waals surface area contributed by atoms with Crippen LogP contribution in [0, 0.1) is 0 Å². The molecule has 4 nitrogen and oxygen atoms in total. The largest absolute Gasteiger partial charge is 0.378 e. The van der Waals surface area contributed by atoms with E-state index < -0.39 is 0 Å². The van der Waals surface area contributed by atoms with Crippen LogP contribution in [0.5, 0.6) is 0 Å². The van der Waals surface area contributed by atoms with Gasteiger partial charge >= 0.3 is 0 Å². The van der Waals surface area contributed by atoms with Crippen LogP contribution < -0.4 is 5.32 Å². The summed E-state index contributed by atoms with van der Waals surface area (Å²) in [5.41, 5.74) is 0. The summed E-state index contributed by atoms with van der Waals surface area (Å²) in [5.74, 6) is 1.80. The maximum atomic E-state index is 5.59. The van der Waals surface area contributed by atoms with Gasteiger partial charge in [-0.15, -0.1) is 0 Å². The molecule has 18 heavy (non-hydrogen) atoms. The molecule has 0 bridgehead atoms. The number of nitrogens with one attached hydrogen (secondary N) is 1. The van der Waals surface area contributed by atoms with Crippen LogP contribution in [-0.2, 0) is 11.2 Å². The molecule has 1 N–H and O–H groups in total. The van der Waals surface area contributed by atoms with Crippen molar-refractivity contribution < 1.29 is 4.74 Å². The summed E-state index contributed by atoms with van der Waals surface area (Å²) in [7, 11) is 0. The zero-order chi connectivity index (χ0) is 12.8. The molecule has 2 rings (SSSR count). The maximum Gasteiger partial charge on any atom is 0.132 e. The van der Waals surface area contributed by atoms with Gasteiger partial charge in [-0.05, 0) is 41.6 Å². The summed E-state index contributed by atoms with van der Waals surface area (Å²) >= 11 is 3.43. The zero-order valence-corrected chi connectivity index (χ0v) is 12.4. The van der Waals surface area contributed by atoms with E-state index in [0.717, 1.165) is 48.7 Å². The monoisotopic (exact) mass is 313 g/mol. The number of rotatable bonds is 6. The Balaban J connectivity index is 1.83. The third-order valence-corrected chi connectivity index (χ3v) is 3.42. The van der Waals surface area contributed by atoms with Gasteiger partial charge in [-0.1, -0.05) is 6.92 Å². The Morgan fingerprint density at radius 1 is 1.50 bits per heavy atom. The number of hydrogen-bond acceptors (Lipinski definition) is 4. The first-order valence-electron chi connectivity index (χ1n) is 6.67. The third kappa shape index (κ3) is 4.21. The van der Waals surface area contributed by atoms with E-state index in [2.05, 4.69) is 38.1 Å². The fourth-order valence-corrected chi connectivity index (χ4v) is 2.55. The fraction of sp³-hybridized carbons (Fsp3) is 0.692. The van der Waals surface area contributed by atoms with Crippen LogP contribution in [0.4, 0.5) is 5.82 Å². The molecule has 0 aromatic carbocycles. The second kappa shape index (κ2) is 7.04. The van der Waals surface area contributed by atoms with Crippen molar-refractivity contribution in [2.45, 2.75) is 45.1 Å². The normalized spacial score (nSPS) is 19.1. The van der Waals surface area contributed by atoms with Gasteiger partial charge < -0.3 is 10.1 Å². The van der Waals surface area contributed by atoms with Gasteiger partial charge in [-0.3, -0.25) is 0 Å². The average Bonchev–Trinajstić information content (AvgIpc) is 2.82. The van der Waals surface area contributed by atoms with Gasteiger partial charge in [0.05, 0.1) is 6.10 Å². The van der Waals surface area contributed by atoms with E-state index in [9.17, 15) is 0 Å². The molecular weight excluding hydrogens is 294 g/mol. The summed E-state index contributed by atoms with van der Waals surface area (Å²) in [6, 6.07) is 1.93. The summed E-state index contributed by atoms with van der Waals surface area (Å²) in [4.78, 5) is 8.84. The highest BCUT2D eigenvalue weighted by Crippen LogP contribution is 2.16. The van der Waals surface area contributed by atoms with Gasteiger partial charge in [0, 0.05) is 25.6 Å². The van der Waals surface area contributed by atoms with E-state index in [-0.39, 0.29) is 0 Å². The quantitative estimate of drug-likeness (QED) is 0.819. The molecule has 5 heteroatoms. The predicted molar refractivity (Wildman–Crippen MR) is 75.8 cm³/mol. The van der Waals surface area contributed by atoms with Crippen LogP contribution in [0.25, 0.3) is 0 Å². The van der Waals surface area contributed by atoms with Crippen molar-refractivity contribution in [2.75, 3.05) is 18.5 Å². The molecule has 1 atom stereocenters. The molecule has 100 valence electrons. The minimum atomic E-state index is 0.429. The SMILES string of the molecule is CCCc1nc(Br)cc(NCCC2CCCO2)n1. The lowest BCUT2D eigenvalue weighted by molar-refractivity contribution is 0.107. The Morgan fingerprint density at radius 2 is 2.39 bits per heavy atom. The Morgan fingerprint density at radius 3 is 3.11 bits per heavy atom. The number of aryl methyl sites for hydroxylation is 1. The number of nitrogens with zero attached hydrogens (tertiary/aromatic N) is 2. The van der Waals surface area contributed by atoms with E-state index in [0.29, 0.717) is 6.10 Å². The number of aromatic nitrogens is 2. The molecule has 1 aliphatic rings. The van der Waals surface area contributed by atoms with Crippen molar-refractivity contribution in [3.05, 3.63) is 16.5 Å². The first-order valence-corrected chi connectivity index (χ1v) is 7.46. The molecular formula is C13H20BrN3O. The maximum absolute atomic E-state index is 5.59. The lowest BCUT2D eigenvalue weighted by atomic mass is 10.2. The Labute approximate surface area is 117 Å². The van der Waals surface area contributed by atoms with Crippen molar-refractivity contribution in [2.24, 2.45) is 0 Å². The van der Waals surface area contributed by atoms with E-state index >= 15 is 0 Å². The number of halogens is 1. The van der Waals surface area contributed by atoms with Crippen molar-refractivity contribution >= 4 is 21.7 Å². The van der Waals surface area contributed by atoms with Crippen LogP contribution in [-0.4, -0.2) is 29.2 Å². The minimum absolute atomic E-state index is 0.429. The van der Waals surface area contributed by atoms with Crippen molar-refractivity contribution in [1.82, 2.24) is 9.97 Å². The van der Waals surface area contributed by atoms with Gasteiger partial charge in [0.2, 0.25) is 0 Å². The van der Waals surface area contributed by atoms with Gasteiger partial charge in [-0.25, -0.2) is 9.97 Å². The summed E-state index contributed by atoms with van der Waals surface area (Å²) in [6.45, 7) is 3.96. The highest BCUT2D eigenvalue weighted by Gasteiger charge is 2.14. The minimum Gasteiger partial charge on any atom is -0.378 e. The van der Waals surface area contributed by atoms with Crippen LogP contribution in [0.15, 0.2) is 10.7 Å². The average molecular weight is 314 g/mol. The molecule has 1 unspecified atom stereocenters. The van der Waals surface area contributed by atoms with E-state index in [4.69, 9.17) is 4.74 Å². The molecule has 1 fully saturated rings. The Hall–Kier alpha value is -0.680. The molecule has 0 radical (unpaired) electrons. The van der Waals surface area contributed by atoms with E-state index in [1.807, 2.05) is 6.07 Å².